The van der Waals surface area contributed by atoms with Gasteiger partial charge in [0.2, 0.25) is 0 Å². The Balaban J connectivity index is 2.45. The summed E-state index contributed by atoms with van der Waals surface area (Å²) < 4.78 is 24.7. The zero-order chi connectivity index (χ0) is 12.5. The maximum atomic E-state index is 13.4. The zero-order valence-corrected chi connectivity index (χ0v) is 10.1. The van der Waals surface area contributed by atoms with Crippen LogP contribution >= 0.6 is 0 Å². The molecule has 2 unspecified atom stereocenters. The zero-order valence-electron chi connectivity index (χ0n) is 10.1. The summed E-state index contributed by atoms with van der Waals surface area (Å²) in [5.74, 6) is -0.545. The van der Waals surface area contributed by atoms with Crippen LogP contribution in [0.1, 0.15) is 25.8 Å². The van der Waals surface area contributed by atoms with E-state index in [1.807, 2.05) is 13.8 Å². The molecule has 1 fully saturated rings. The Labute approximate surface area is 100 Å². The van der Waals surface area contributed by atoms with Crippen LogP contribution in [0.4, 0.5) is 4.39 Å². The molecule has 1 aliphatic rings. The normalized spacial score (nSPS) is 28.5. The van der Waals surface area contributed by atoms with Crippen LogP contribution in [0, 0.1) is 5.82 Å². The summed E-state index contributed by atoms with van der Waals surface area (Å²) in [7, 11) is 0. The number of ether oxygens (including phenoxy) is 2. The third kappa shape index (κ3) is 2.15. The second-order valence-corrected chi connectivity index (χ2v) is 4.28. The molecule has 0 amide bonds. The lowest BCUT2D eigenvalue weighted by atomic mass is 9.87. The maximum Gasteiger partial charge on any atom is 0.127 e. The van der Waals surface area contributed by atoms with Crippen molar-refractivity contribution in [3.05, 3.63) is 29.6 Å². The van der Waals surface area contributed by atoms with Crippen LogP contribution in [-0.4, -0.2) is 24.4 Å². The van der Waals surface area contributed by atoms with E-state index in [2.05, 4.69) is 0 Å². The molecule has 1 aliphatic heterocycles. The Hall–Kier alpha value is -1.13. The van der Waals surface area contributed by atoms with Crippen molar-refractivity contribution >= 4 is 0 Å². The minimum atomic E-state index is -0.645. The molecule has 94 valence electrons. The van der Waals surface area contributed by atoms with Gasteiger partial charge in [0.25, 0.3) is 0 Å². The average molecular weight is 240 g/mol. The van der Waals surface area contributed by atoms with Gasteiger partial charge in [-0.2, -0.15) is 0 Å². The van der Waals surface area contributed by atoms with Crippen LogP contribution in [0.3, 0.4) is 0 Å². The SMILES string of the molecule is CCOC1(c2cc(O)cc(F)c2)CCOC1C. The van der Waals surface area contributed by atoms with Crippen LogP contribution in [0.25, 0.3) is 0 Å². The van der Waals surface area contributed by atoms with Gasteiger partial charge in [0.15, 0.2) is 0 Å². The second kappa shape index (κ2) is 4.63. The summed E-state index contributed by atoms with van der Waals surface area (Å²) in [6, 6.07) is 4.04. The fraction of sp³-hybridized carbons (Fsp3) is 0.538. The van der Waals surface area contributed by atoms with E-state index < -0.39 is 11.4 Å². The highest BCUT2D eigenvalue weighted by Gasteiger charge is 2.44. The average Bonchev–Trinajstić information content (AvgIpc) is 2.60. The van der Waals surface area contributed by atoms with Gasteiger partial charge in [-0.25, -0.2) is 4.39 Å². The molecular formula is C13H17FO3. The Bertz CT molecular complexity index is 387. The van der Waals surface area contributed by atoms with Gasteiger partial charge in [0.05, 0.1) is 12.7 Å². The van der Waals surface area contributed by atoms with E-state index in [4.69, 9.17) is 9.47 Å². The topological polar surface area (TPSA) is 38.7 Å². The number of benzene rings is 1. The molecule has 0 radical (unpaired) electrons. The smallest absolute Gasteiger partial charge is 0.127 e. The van der Waals surface area contributed by atoms with Gasteiger partial charge >= 0.3 is 0 Å². The summed E-state index contributed by atoms with van der Waals surface area (Å²) in [6.07, 6.45) is 0.522. The molecule has 0 aromatic heterocycles. The third-order valence-electron chi connectivity index (χ3n) is 3.27. The number of phenols is 1. The largest absolute Gasteiger partial charge is 0.508 e. The lowest BCUT2D eigenvalue weighted by Crippen LogP contribution is -2.36. The van der Waals surface area contributed by atoms with Crippen molar-refractivity contribution in [3.8, 4) is 5.75 Å². The monoisotopic (exact) mass is 240 g/mol. The van der Waals surface area contributed by atoms with Crippen molar-refractivity contribution in [1.82, 2.24) is 0 Å². The molecule has 1 N–H and O–H groups in total. The van der Waals surface area contributed by atoms with E-state index in [0.29, 0.717) is 25.2 Å². The van der Waals surface area contributed by atoms with Gasteiger partial charge in [-0.15, -0.1) is 0 Å². The highest BCUT2D eigenvalue weighted by molar-refractivity contribution is 5.34. The molecule has 2 atom stereocenters. The molecule has 0 saturated carbocycles. The van der Waals surface area contributed by atoms with Crippen molar-refractivity contribution < 1.29 is 19.0 Å². The van der Waals surface area contributed by atoms with E-state index >= 15 is 0 Å². The van der Waals surface area contributed by atoms with Crippen molar-refractivity contribution in [1.29, 1.82) is 0 Å². The predicted molar refractivity (Wildman–Crippen MR) is 61.4 cm³/mol. The molecule has 1 saturated heterocycles. The summed E-state index contributed by atoms with van der Waals surface area (Å²) in [5, 5.41) is 9.49. The maximum absolute atomic E-state index is 13.4. The summed E-state index contributed by atoms with van der Waals surface area (Å²) in [5.41, 5.74) is -0.00391. The van der Waals surface area contributed by atoms with Crippen molar-refractivity contribution in [2.45, 2.75) is 32.0 Å². The molecule has 0 aliphatic carbocycles. The molecule has 3 nitrogen and oxygen atoms in total. The number of rotatable bonds is 3. The van der Waals surface area contributed by atoms with Gasteiger partial charge in [-0.05, 0) is 31.5 Å². The second-order valence-electron chi connectivity index (χ2n) is 4.28. The number of aromatic hydroxyl groups is 1. The third-order valence-corrected chi connectivity index (χ3v) is 3.27. The molecule has 2 rings (SSSR count). The van der Waals surface area contributed by atoms with Gasteiger partial charge in [0.1, 0.15) is 17.2 Å². The van der Waals surface area contributed by atoms with Crippen LogP contribution in [0.2, 0.25) is 0 Å². The number of halogens is 1. The van der Waals surface area contributed by atoms with E-state index in [9.17, 15) is 9.50 Å². The molecule has 1 aromatic rings. The van der Waals surface area contributed by atoms with Crippen molar-refractivity contribution in [3.63, 3.8) is 0 Å². The molecule has 1 heterocycles. The van der Waals surface area contributed by atoms with E-state index in [-0.39, 0.29) is 11.9 Å². The first-order chi connectivity index (χ1) is 8.08. The van der Waals surface area contributed by atoms with Crippen LogP contribution in [-0.2, 0) is 15.1 Å². The Kier molecular flexibility index (Phi) is 3.35. The fourth-order valence-electron chi connectivity index (χ4n) is 2.45. The minimum absolute atomic E-state index is 0.0850. The predicted octanol–water partition coefficient (Wildman–Crippen LogP) is 2.57. The van der Waals surface area contributed by atoms with Crippen LogP contribution in [0.15, 0.2) is 18.2 Å². The first kappa shape index (κ1) is 12.3. The summed E-state index contributed by atoms with van der Waals surface area (Å²) in [4.78, 5) is 0. The lowest BCUT2D eigenvalue weighted by Gasteiger charge is -2.32. The summed E-state index contributed by atoms with van der Waals surface area (Å²) >= 11 is 0. The highest BCUT2D eigenvalue weighted by Crippen LogP contribution is 2.40. The molecular weight excluding hydrogens is 223 g/mol. The minimum Gasteiger partial charge on any atom is -0.508 e. The number of hydrogen-bond acceptors (Lipinski definition) is 3. The van der Waals surface area contributed by atoms with E-state index in [0.717, 1.165) is 6.07 Å². The molecule has 0 spiro atoms. The molecule has 1 aromatic carbocycles. The lowest BCUT2D eigenvalue weighted by molar-refractivity contribution is -0.0862. The van der Waals surface area contributed by atoms with Gasteiger partial charge in [-0.1, -0.05) is 0 Å². The van der Waals surface area contributed by atoms with Crippen LogP contribution < -0.4 is 0 Å². The van der Waals surface area contributed by atoms with Crippen LogP contribution in [0.5, 0.6) is 5.75 Å². The van der Waals surface area contributed by atoms with E-state index in [1.54, 1.807) is 6.07 Å². The first-order valence-corrected chi connectivity index (χ1v) is 5.84. The fourth-order valence-corrected chi connectivity index (χ4v) is 2.45. The molecule has 17 heavy (non-hydrogen) atoms. The Morgan fingerprint density at radius 2 is 2.29 bits per heavy atom. The van der Waals surface area contributed by atoms with Gasteiger partial charge in [0, 0.05) is 19.1 Å². The van der Waals surface area contributed by atoms with Gasteiger partial charge in [-0.3, -0.25) is 0 Å². The standard InChI is InChI=1S/C13H17FO3/c1-3-17-13(4-5-16-9(13)2)10-6-11(14)8-12(15)7-10/h6-9,15H,3-5H2,1-2H3. The van der Waals surface area contributed by atoms with Crippen molar-refractivity contribution in [2.75, 3.05) is 13.2 Å². The molecule has 0 bridgehead atoms. The highest BCUT2D eigenvalue weighted by atomic mass is 19.1. The summed E-state index contributed by atoms with van der Waals surface area (Å²) in [6.45, 7) is 4.90. The van der Waals surface area contributed by atoms with Gasteiger partial charge < -0.3 is 14.6 Å². The number of hydrogen-bond donors (Lipinski definition) is 1. The molecule has 4 heteroatoms. The number of phenolic OH excluding ortho intramolecular Hbond substituents is 1. The van der Waals surface area contributed by atoms with E-state index in [1.165, 1.54) is 6.07 Å². The van der Waals surface area contributed by atoms with Crippen molar-refractivity contribution in [2.24, 2.45) is 0 Å². The Morgan fingerprint density at radius 1 is 1.53 bits per heavy atom. The quantitative estimate of drug-likeness (QED) is 0.882. The Morgan fingerprint density at radius 3 is 2.82 bits per heavy atom. The first-order valence-electron chi connectivity index (χ1n) is 5.84.